The van der Waals surface area contributed by atoms with E-state index in [0.717, 1.165) is 37.9 Å². The van der Waals surface area contributed by atoms with Crippen LogP contribution in [-0.2, 0) is 0 Å². The van der Waals surface area contributed by atoms with Gasteiger partial charge in [0.25, 0.3) is 0 Å². The number of nitrogens with zero attached hydrogens (tertiary/aromatic N) is 2. The molecule has 20 heavy (non-hydrogen) atoms. The molecular formula is C13H14ClF2N3O. The lowest BCUT2D eigenvalue weighted by Crippen LogP contribution is -2.26. The SMILES string of the molecule is Cl.Fc1ccc(-c2noc(C3CCCCN3)n2)cc1F. The standard InChI is InChI=1S/C13H13F2N3O.ClH/c14-9-5-4-8(7-10(9)15)12-17-13(19-18-12)11-3-1-2-6-16-11;/h4-5,7,11,16H,1-3,6H2;1H. The molecule has 0 spiro atoms. The van der Waals surface area contributed by atoms with Crippen molar-refractivity contribution in [2.75, 3.05) is 6.54 Å². The third-order valence-electron chi connectivity index (χ3n) is 3.23. The highest BCUT2D eigenvalue weighted by Gasteiger charge is 2.21. The number of hydrogen-bond donors (Lipinski definition) is 1. The minimum Gasteiger partial charge on any atom is -0.337 e. The quantitative estimate of drug-likeness (QED) is 0.925. The molecule has 1 aromatic heterocycles. The van der Waals surface area contributed by atoms with E-state index in [0.29, 0.717) is 11.5 Å². The summed E-state index contributed by atoms with van der Waals surface area (Å²) in [6.45, 7) is 0.924. The Morgan fingerprint density at radius 2 is 2.05 bits per heavy atom. The summed E-state index contributed by atoms with van der Waals surface area (Å²) in [5, 5.41) is 7.11. The first-order valence-electron chi connectivity index (χ1n) is 6.26. The van der Waals surface area contributed by atoms with Gasteiger partial charge in [-0.25, -0.2) is 8.78 Å². The van der Waals surface area contributed by atoms with Crippen LogP contribution in [0.1, 0.15) is 31.2 Å². The minimum atomic E-state index is -0.917. The Hall–Kier alpha value is -1.53. The Bertz CT molecular complexity index is 585. The molecule has 1 aliphatic rings. The average molecular weight is 302 g/mol. The monoisotopic (exact) mass is 301 g/mol. The zero-order valence-electron chi connectivity index (χ0n) is 10.6. The van der Waals surface area contributed by atoms with E-state index in [1.165, 1.54) is 6.07 Å². The molecule has 1 aromatic carbocycles. The highest BCUT2D eigenvalue weighted by atomic mass is 35.5. The van der Waals surface area contributed by atoms with E-state index < -0.39 is 11.6 Å². The van der Waals surface area contributed by atoms with Crippen molar-refractivity contribution in [2.45, 2.75) is 25.3 Å². The second-order valence-corrected chi connectivity index (χ2v) is 4.59. The average Bonchev–Trinajstić information content (AvgIpc) is 2.93. The van der Waals surface area contributed by atoms with Crippen LogP contribution in [0.3, 0.4) is 0 Å². The molecule has 1 N–H and O–H groups in total. The van der Waals surface area contributed by atoms with Crippen LogP contribution < -0.4 is 5.32 Å². The van der Waals surface area contributed by atoms with Gasteiger partial charge in [0.05, 0.1) is 6.04 Å². The van der Waals surface area contributed by atoms with Crippen LogP contribution in [0.5, 0.6) is 0 Å². The van der Waals surface area contributed by atoms with Gasteiger partial charge in [0.2, 0.25) is 11.7 Å². The molecule has 1 saturated heterocycles. The Morgan fingerprint density at radius 3 is 2.75 bits per heavy atom. The van der Waals surface area contributed by atoms with Gasteiger partial charge in [0.1, 0.15) is 0 Å². The molecule has 0 amide bonds. The van der Waals surface area contributed by atoms with Gasteiger partial charge >= 0.3 is 0 Å². The zero-order chi connectivity index (χ0) is 13.2. The maximum Gasteiger partial charge on any atom is 0.244 e. The lowest BCUT2D eigenvalue weighted by atomic mass is 10.1. The van der Waals surface area contributed by atoms with E-state index in [-0.39, 0.29) is 24.3 Å². The summed E-state index contributed by atoms with van der Waals surface area (Å²) < 4.78 is 31.2. The van der Waals surface area contributed by atoms with E-state index in [1.807, 2.05) is 0 Å². The molecule has 1 unspecified atom stereocenters. The lowest BCUT2D eigenvalue weighted by Gasteiger charge is -2.19. The summed E-state index contributed by atoms with van der Waals surface area (Å²) in [5.74, 6) is -1.03. The van der Waals surface area contributed by atoms with Gasteiger partial charge in [-0.05, 0) is 37.6 Å². The molecular weight excluding hydrogens is 288 g/mol. The van der Waals surface area contributed by atoms with Crippen LogP contribution in [0, 0.1) is 11.6 Å². The van der Waals surface area contributed by atoms with Gasteiger partial charge in [0.15, 0.2) is 11.6 Å². The number of nitrogens with one attached hydrogen (secondary N) is 1. The number of aromatic nitrogens is 2. The molecule has 0 saturated carbocycles. The Kier molecular flexibility index (Phi) is 4.67. The Labute approximate surface area is 121 Å². The fourth-order valence-corrected chi connectivity index (χ4v) is 2.19. The van der Waals surface area contributed by atoms with E-state index in [4.69, 9.17) is 4.52 Å². The van der Waals surface area contributed by atoms with Gasteiger partial charge in [-0.2, -0.15) is 4.98 Å². The summed E-state index contributed by atoms with van der Waals surface area (Å²) in [7, 11) is 0. The van der Waals surface area contributed by atoms with Crippen molar-refractivity contribution in [3.8, 4) is 11.4 Å². The first kappa shape index (κ1) is 14.9. The zero-order valence-corrected chi connectivity index (χ0v) is 11.4. The van der Waals surface area contributed by atoms with Crippen molar-refractivity contribution in [2.24, 2.45) is 0 Å². The van der Waals surface area contributed by atoms with E-state index >= 15 is 0 Å². The molecule has 1 atom stereocenters. The van der Waals surface area contributed by atoms with Gasteiger partial charge in [-0.3, -0.25) is 0 Å². The molecule has 3 rings (SSSR count). The van der Waals surface area contributed by atoms with Crippen molar-refractivity contribution in [1.82, 2.24) is 15.5 Å². The first-order chi connectivity index (χ1) is 9.24. The molecule has 2 heterocycles. The minimum absolute atomic E-state index is 0. The molecule has 108 valence electrons. The van der Waals surface area contributed by atoms with Crippen LogP contribution >= 0.6 is 12.4 Å². The van der Waals surface area contributed by atoms with Crippen molar-refractivity contribution in [3.05, 3.63) is 35.7 Å². The van der Waals surface area contributed by atoms with Crippen LogP contribution in [0.4, 0.5) is 8.78 Å². The second-order valence-electron chi connectivity index (χ2n) is 4.59. The highest BCUT2D eigenvalue weighted by molar-refractivity contribution is 5.85. The van der Waals surface area contributed by atoms with Gasteiger partial charge in [0, 0.05) is 5.56 Å². The number of halogens is 3. The van der Waals surface area contributed by atoms with Crippen LogP contribution in [0.25, 0.3) is 11.4 Å². The lowest BCUT2D eigenvalue weighted by molar-refractivity contribution is 0.297. The van der Waals surface area contributed by atoms with Gasteiger partial charge < -0.3 is 9.84 Å². The largest absolute Gasteiger partial charge is 0.337 e. The number of hydrogen-bond acceptors (Lipinski definition) is 4. The van der Waals surface area contributed by atoms with Crippen molar-refractivity contribution in [1.29, 1.82) is 0 Å². The molecule has 2 aromatic rings. The molecule has 0 radical (unpaired) electrons. The Balaban J connectivity index is 0.00000147. The fourth-order valence-electron chi connectivity index (χ4n) is 2.19. The maximum atomic E-state index is 13.2. The maximum absolute atomic E-state index is 13.2. The number of benzene rings is 1. The van der Waals surface area contributed by atoms with Gasteiger partial charge in [-0.1, -0.05) is 11.6 Å². The summed E-state index contributed by atoms with van der Waals surface area (Å²) in [4.78, 5) is 4.25. The molecule has 0 aliphatic carbocycles. The third-order valence-corrected chi connectivity index (χ3v) is 3.23. The smallest absolute Gasteiger partial charge is 0.244 e. The summed E-state index contributed by atoms with van der Waals surface area (Å²) in [6, 6.07) is 3.61. The van der Waals surface area contributed by atoms with Crippen molar-refractivity contribution < 1.29 is 13.3 Å². The van der Waals surface area contributed by atoms with Crippen molar-refractivity contribution in [3.63, 3.8) is 0 Å². The molecule has 0 bridgehead atoms. The summed E-state index contributed by atoms with van der Waals surface area (Å²) in [6.07, 6.45) is 3.20. The predicted molar refractivity (Wildman–Crippen MR) is 71.5 cm³/mol. The fraction of sp³-hybridized carbons (Fsp3) is 0.385. The van der Waals surface area contributed by atoms with E-state index in [9.17, 15) is 8.78 Å². The topological polar surface area (TPSA) is 51.0 Å². The first-order valence-corrected chi connectivity index (χ1v) is 6.26. The van der Waals surface area contributed by atoms with E-state index in [1.54, 1.807) is 0 Å². The van der Waals surface area contributed by atoms with Gasteiger partial charge in [-0.15, -0.1) is 12.4 Å². The Morgan fingerprint density at radius 1 is 1.20 bits per heavy atom. The number of rotatable bonds is 2. The van der Waals surface area contributed by atoms with Crippen LogP contribution in [-0.4, -0.2) is 16.7 Å². The molecule has 4 nitrogen and oxygen atoms in total. The third kappa shape index (κ3) is 2.96. The van der Waals surface area contributed by atoms with Crippen LogP contribution in [0.15, 0.2) is 22.7 Å². The van der Waals surface area contributed by atoms with Crippen LogP contribution in [0.2, 0.25) is 0 Å². The highest BCUT2D eigenvalue weighted by Crippen LogP contribution is 2.24. The second kappa shape index (κ2) is 6.28. The normalized spacial score (nSPS) is 18.6. The molecule has 1 fully saturated rings. The predicted octanol–water partition coefficient (Wildman–Crippen LogP) is 3.25. The molecule has 7 heteroatoms. The van der Waals surface area contributed by atoms with E-state index in [2.05, 4.69) is 15.5 Å². The number of piperidine rings is 1. The summed E-state index contributed by atoms with van der Waals surface area (Å²) >= 11 is 0. The summed E-state index contributed by atoms with van der Waals surface area (Å²) in [5.41, 5.74) is 0.407. The van der Waals surface area contributed by atoms with Crippen molar-refractivity contribution >= 4 is 12.4 Å². The molecule has 1 aliphatic heterocycles.